The Kier molecular flexibility index (Phi) is 5.47. The van der Waals surface area contributed by atoms with Crippen LogP contribution < -0.4 is 0 Å². The van der Waals surface area contributed by atoms with Gasteiger partial charge in [0.15, 0.2) is 0 Å². The van der Waals surface area contributed by atoms with Crippen molar-refractivity contribution in [3.8, 4) is 0 Å². The number of esters is 1. The van der Waals surface area contributed by atoms with Crippen molar-refractivity contribution in [2.75, 3.05) is 0 Å². The van der Waals surface area contributed by atoms with Crippen LogP contribution in [0, 0.1) is 11.8 Å². The molecule has 0 aliphatic rings. The Morgan fingerprint density at radius 2 is 1.82 bits per heavy atom. The van der Waals surface area contributed by atoms with E-state index in [-0.39, 0.29) is 11.9 Å². The van der Waals surface area contributed by atoms with Gasteiger partial charge in [-0.2, -0.15) is 0 Å². The third-order valence-corrected chi connectivity index (χ3v) is 2.38. The molecule has 0 aliphatic heterocycles. The fourth-order valence-corrected chi connectivity index (χ4v) is 1.33. The van der Waals surface area contributed by atoms with E-state index in [1.54, 1.807) is 0 Å². The van der Waals surface area contributed by atoms with Gasteiger partial charge in [0.2, 0.25) is 0 Å². The molecule has 0 radical (unpaired) electrons. The summed E-state index contributed by atoms with van der Waals surface area (Å²) < 4.78 is 5.23. The number of allylic oxidation sites excluding steroid dienone is 1. The van der Waals surface area contributed by atoms with Gasteiger partial charge >= 0.3 is 5.97 Å². The zero-order valence-corrected chi connectivity index (χ0v) is 10.7. The molecule has 92 valence electrons. The fourth-order valence-electron chi connectivity index (χ4n) is 1.33. The highest BCUT2D eigenvalue weighted by Gasteiger charge is 2.10. The summed E-state index contributed by atoms with van der Waals surface area (Å²) in [5.41, 5.74) is 1.01. The van der Waals surface area contributed by atoms with Crippen LogP contribution in [-0.4, -0.2) is 5.97 Å². The van der Waals surface area contributed by atoms with Crippen LogP contribution in [0.4, 0.5) is 0 Å². The number of hydrogen-bond acceptors (Lipinski definition) is 2. The number of hydrogen-bond donors (Lipinski definition) is 0. The Balaban J connectivity index is 2.39. The average Bonchev–Trinajstić information content (AvgIpc) is 2.34. The third kappa shape index (κ3) is 5.34. The molecule has 0 saturated carbocycles. The van der Waals surface area contributed by atoms with E-state index in [0.717, 1.165) is 5.56 Å². The highest BCUT2D eigenvalue weighted by atomic mass is 16.5. The second-order valence-corrected chi connectivity index (χ2v) is 4.51. The lowest BCUT2D eigenvalue weighted by Crippen LogP contribution is -2.12. The minimum absolute atomic E-state index is 0.175. The minimum Gasteiger partial charge on any atom is -0.460 e. The van der Waals surface area contributed by atoms with E-state index in [2.05, 4.69) is 13.8 Å². The zero-order chi connectivity index (χ0) is 12.7. The molecular weight excluding hydrogens is 212 g/mol. The molecular formula is C15H20O2. The third-order valence-electron chi connectivity index (χ3n) is 2.38. The van der Waals surface area contributed by atoms with Crippen molar-refractivity contribution in [3.05, 3.63) is 48.0 Å². The van der Waals surface area contributed by atoms with Crippen molar-refractivity contribution >= 4 is 5.97 Å². The molecule has 0 amide bonds. The van der Waals surface area contributed by atoms with E-state index in [1.165, 1.54) is 0 Å². The van der Waals surface area contributed by atoms with Gasteiger partial charge in [-0.15, -0.1) is 0 Å². The quantitative estimate of drug-likeness (QED) is 0.573. The van der Waals surface area contributed by atoms with E-state index in [1.807, 2.05) is 49.4 Å². The molecule has 1 aromatic rings. The summed E-state index contributed by atoms with van der Waals surface area (Å²) in [7, 11) is 0. The summed E-state index contributed by atoms with van der Waals surface area (Å²) in [6.07, 6.45) is 3.92. The fraction of sp³-hybridized carbons (Fsp3) is 0.400. The molecule has 1 rings (SSSR count). The van der Waals surface area contributed by atoms with Crippen molar-refractivity contribution in [1.82, 2.24) is 0 Å². The van der Waals surface area contributed by atoms with Crippen LogP contribution in [0.15, 0.2) is 42.5 Å². The van der Waals surface area contributed by atoms with E-state index in [9.17, 15) is 4.79 Å². The Bertz CT molecular complexity index is 366. The monoisotopic (exact) mass is 232 g/mol. The summed E-state index contributed by atoms with van der Waals surface area (Å²) in [6, 6.07) is 9.71. The van der Waals surface area contributed by atoms with Gasteiger partial charge in [0.05, 0.1) is 5.92 Å². The Morgan fingerprint density at radius 3 is 2.41 bits per heavy atom. The molecule has 0 heterocycles. The first-order chi connectivity index (χ1) is 8.09. The molecule has 0 aromatic heterocycles. The number of carbonyl (C=O) groups excluding carboxylic acids is 1. The van der Waals surface area contributed by atoms with Crippen LogP contribution >= 0.6 is 0 Å². The maximum absolute atomic E-state index is 11.7. The van der Waals surface area contributed by atoms with Crippen molar-refractivity contribution in [2.24, 2.45) is 11.8 Å². The van der Waals surface area contributed by atoms with Gasteiger partial charge in [-0.1, -0.05) is 56.3 Å². The predicted molar refractivity (Wildman–Crippen MR) is 69.4 cm³/mol. The number of rotatable bonds is 5. The SMILES string of the molecule is CC(C)/C=C\C(C)C(=O)OCc1ccccc1. The minimum atomic E-state index is -0.180. The molecule has 1 aromatic carbocycles. The summed E-state index contributed by atoms with van der Waals surface area (Å²) in [4.78, 5) is 11.7. The van der Waals surface area contributed by atoms with Crippen LogP contribution in [0.1, 0.15) is 26.3 Å². The van der Waals surface area contributed by atoms with Gasteiger partial charge in [-0.3, -0.25) is 4.79 Å². The topological polar surface area (TPSA) is 26.3 Å². The van der Waals surface area contributed by atoms with E-state index < -0.39 is 0 Å². The molecule has 0 spiro atoms. The molecule has 0 aliphatic carbocycles. The molecule has 1 unspecified atom stereocenters. The van der Waals surface area contributed by atoms with Crippen LogP contribution in [-0.2, 0) is 16.1 Å². The maximum atomic E-state index is 11.7. The van der Waals surface area contributed by atoms with Gasteiger partial charge in [0, 0.05) is 0 Å². The predicted octanol–water partition coefficient (Wildman–Crippen LogP) is 3.58. The molecule has 0 fully saturated rings. The lowest BCUT2D eigenvalue weighted by atomic mass is 10.1. The number of ether oxygens (including phenoxy) is 1. The Labute approximate surface area is 103 Å². The van der Waals surface area contributed by atoms with Crippen molar-refractivity contribution in [2.45, 2.75) is 27.4 Å². The van der Waals surface area contributed by atoms with Crippen molar-refractivity contribution in [3.63, 3.8) is 0 Å². The van der Waals surface area contributed by atoms with E-state index >= 15 is 0 Å². The normalized spacial score (nSPS) is 12.9. The largest absolute Gasteiger partial charge is 0.460 e. The molecule has 0 bridgehead atoms. The highest BCUT2D eigenvalue weighted by molar-refractivity contribution is 5.73. The maximum Gasteiger partial charge on any atom is 0.312 e. The summed E-state index contributed by atoms with van der Waals surface area (Å²) in [5.74, 6) is 0.103. The van der Waals surface area contributed by atoms with Gasteiger partial charge in [-0.05, 0) is 18.4 Å². The first kappa shape index (κ1) is 13.5. The summed E-state index contributed by atoms with van der Waals surface area (Å²) in [6.45, 7) is 6.36. The standard InChI is InChI=1S/C15H20O2/c1-12(2)9-10-13(3)15(16)17-11-14-7-5-4-6-8-14/h4-10,12-13H,11H2,1-3H3/b10-9-. The number of benzene rings is 1. The van der Waals surface area contributed by atoms with Gasteiger partial charge in [0.1, 0.15) is 6.61 Å². The van der Waals surface area contributed by atoms with E-state index in [0.29, 0.717) is 12.5 Å². The molecule has 2 heteroatoms. The summed E-state index contributed by atoms with van der Waals surface area (Å²) in [5, 5.41) is 0. The highest BCUT2D eigenvalue weighted by Crippen LogP contribution is 2.07. The van der Waals surface area contributed by atoms with Crippen LogP contribution in [0.3, 0.4) is 0 Å². The Hall–Kier alpha value is -1.57. The first-order valence-electron chi connectivity index (χ1n) is 5.98. The van der Waals surface area contributed by atoms with Crippen molar-refractivity contribution in [1.29, 1.82) is 0 Å². The number of carbonyl (C=O) groups is 1. The van der Waals surface area contributed by atoms with E-state index in [4.69, 9.17) is 4.74 Å². The lowest BCUT2D eigenvalue weighted by molar-refractivity contribution is -0.147. The molecule has 0 saturated heterocycles. The molecule has 0 N–H and O–H groups in total. The molecule has 17 heavy (non-hydrogen) atoms. The van der Waals surface area contributed by atoms with Crippen LogP contribution in [0.2, 0.25) is 0 Å². The van der Waals surface area contributed by atoms with Crippen LogP contribution in [0.5, 0.6) is 0 Å². The zero-order valence-electron chi connectivity index (χ0n) is 10.7. The average molecular weight is 232 g/mol. The second kappa shape index (κ2) is 6.89. The molecule has 1 atom stereocenters. The van der Waals surface area contributed by atoms with Gasteiger partial charge in [0.25, 0.3) is 0 Å². The lowest BCUT2D eigenvalue weighted by Gasteiger charge is -2.08. The van der Waals surface area contributed by atoms with Gasteiger partial charge in [-0.25, -0.2) is 0 Å². The second-order valence-electron chi connectivity index (χ2n) is 4.51. The van der Waals surface area contributed by atoms with Crippen molar-refractivity contribution < 1.29 is 9.53 Å². The molecule has 2 nitrogen and oxygen atoms in total. The smallest absolute Gasteiger partial charge is 0.312 e. The first-order valence-corrected chi connectivity index (χ1v) is 5.98. The van der Waals surface area contributed by atoms with Gasteiger partial charge < -0.3 is 4.74 Å². The Morgan fingerprint density at radius 1 is 1.18 bits per heavy atom. The van der Waals surface area contributed by atoms with Crippen LogP contribution in [0.25, 0.3) is 0 Å². The summed E-state index contributed by atoms with van der Waals surface area (Å²) >= 11 is 0.